The van der Waals surface area contributed by atoms with E-state index < -0.39 is 12.0 Å². The fourth-order valence-corrected chi connectivity index (χ4v) is 3.50. The molecule has 4 rings (SSSR count). The number of rotatable bonds is 5. The molecule has 30 heavy (non-hydrogen) atoms. The van der Waals surface area contributed by atoms with Crippen LogP contribution >= 0.6 is 0 Å². The number of Topliss-reactive ketones (excluding diaryl/α,β-unsaturated/α-hetero) is 1. The zero-order valence-electron chi connectivity index (χ0n) is 16.4. The second-order valence-electron chi connectivity index (χ2n) is 7.12. The molecule has 1 heterocycles. The molecule has 0 saturated heterocycles. The molecule has 0 fully saturated rings. The van der Waals surface area contributed by atoms with E-state index in [0.717, 1.165) is 16.7 Å². The Hall–Kier alpha value is -3.67. The van der Waals surface area contributed by atoms with E-state index in [9.17, 15) is 14.0 Å². The Balaban J connectivity index is 1.74. The lowest BCUT2D eigenvalue weighted by Crippen LogP contribution is -2.17. The smallest absolute Gasteiger partial charge is 0.248 e. The third kappa shape index (κ3) is 3.76. The number of hydrogen-bond donors (Lipinski definition) is 1. The van der Waals surface area contributed by atoms with Crippen LogP contribution in [0, 0.1) is 12.7 Å². The van der Waals surface area contributed by atoms with Crippen LogP contribution in [0.5, 0.6) is 11.5 Å². The summed E-state index contributed by atoms with van der Waals surface area (Å²) in [5, 5.41) is 0. The SMILES string of the molecule is Cc1c(OC(c2ccc(F)cc2)c2ccc(C(N)=O)cc2)ccc2c1OCCC2=O. The highest BCUT2D eigenvalue weighted by atomic mass is 19.1. The quantitative estimate of drug-likeness (QED) is 0.684. The van der Waals surface area contributed by atoms with Gasteiger partial charge in [0, 0.05) is 17.5 Å². The molecule has 0 spiro atoms. The van der Waals surface area contributed by atoms with Gasteiger partial charge in [0.2, 0.25) is 5.91 Å². The lowest BCUT2D eigenvalue weighted by molar-refractivity contribution is 0.0931. The zero-order valence-corrected chi connectivity index (χ0v) is 16.4. The lowest BCUT2D eigenvalue weighted by Gasteiger charge is -2.24. The summed E-state index contributed by atoms with van der Waals surface area (Å²) in [6.45, 7) is 2.18. The summed E-state index contributed by atoms with van der Waals surface area (Å²) in [6, 6.07) is 16.2. The summed E-state index contributed by atoms with van der Waals surface area (Å²) in [6.07, 6.45) is -0.208. The van der Waals surface area contributed by atoms with Gasteiger partial charge in [0.25, 0.3) is 0 Å². The number of carbonyl (C=O) groups is 2. The van der Waals surface area contributed by atoms with Gasteiger partial charge in [-0.1, -0.05) is 24.3 Å². The Kier molecular flexibility index (Phi) is 5.23. The number of hydrogen-bond acceptors (Lipinski definition) is 4. The Labute approximate surface area is 173 Å². The molecule has 1 aliphatic rings. The Morgan fingerprint density at radius 2 is 1.67 bits per heavy atom. The largest absolute Gasteiger partial charge is 0.492 e. The van der Waals surface area contributed by atoms with Crippen LogP contribution in [0.1, 0.15) is 49.9 Å². The van der Waals surface area contributed by atoms with Crippen LogP contribution < -0.4 is 15.2 Å². The number of ether oxygens (including phenoxy) is 2. The van der Waals surface area contributed by atoms with Crippen LogP contribution in [0.15, 0.2) is 60.7 Å². The van der Waals surface area contributed by atoms with E-state index in [-0.39, 0.29) is 11.6 Å². The van der Waals surface area contributed by atoms with Crippen LogP contribution in [0.4, 0.5) is 4.39 Å². The molecule has 0 aromatic heterocycles. The topological polar surface area (TPSA) is 78.6 Å². The summed E-state index contributed by atoms with van der Waals surface area (Å²) >= 11 is 0. The van der Waals surface area contributed by atoms with Crippen LogP contribution in [0.2, 0.25) is 0 Å². The maximum atomic E-state index is 13.5. The minimum Gasteiger partial charge on any atom is -0.492 e. The first kappa shape index (κ1) is 19.6. The summed E-state index contributed by atoms with van der Waals surface area (Å²) < 4.78 is 25.5. The predicted octanol–water partition coefficient (Wildman–Crippen LogP) is 4.37. The maximum Gasteiger partial charge on any atom is 0.248 e. The van der Waals surface area contributed by atoms with Crippen LogP contribution in [-0.4, -0.2) is 18.3 Å². The number of halogens is 1. The number of benzene rings is 3. The van der Waals surface area contributed by atoms with E-state index in [2.05, 4.69) is 0 Å². The van der Waals surface area contributed by atoms with Gasteiger partial charge < -0.3 is 15.2 Å². The summed E-state index contributed by atoms with van der Waals surface area (Å²) in [4.78, 5) is 23.5. The highest BCUT2D eigenvalue weighted by Gasteiger charge is 2.24. The fourth-order valence-electron chi connectivity index (χ4n) is 3.50. The third-order valence-corrected chi connectivity index (χ3v) is 5.15. The number of ketones is 1. The van der Waals surface area contributed by atoms with Crippen molar-refractivity contribution in [2.45, 2.75) is 19.4 Å². The Morgan fingerprint density at radius 3 is 2.30 bits per heavy atom. The Morgan fingerprint density at radius 1 is 1.03 bits per heavy atom. The van der Waals surface area contributed by atoms with Gasteiger partial charge in [0.05, 0.1) is 12.2 Å². The average Bonchev–Trinajstić information content (AvgIpc) is 2.75. The molecule has 2 N–H and O–H groups in total. The van der Waals surface area contributed by atoms with Crippen LogP contribution in [0.25, 0.3) is 0 Å². The van der Waals surface area contributed by atoms with E-state index in [0.29, 0.717) is 35.7 Å². The molecule has 0 bridgehead atoms. The highest BCUT2D eigenvalue weighted by molar-refractivity contribution is 6.00. The first-order valence-electron chi connectivity index (χ1n) is 9.55. The molecule has 3 aromatic rings. The summed E-state index contributed by atoms with van der Waals surface area (Å²) in [5.74, 6) is 0.261. The van der Waals surface area contributed by atoms with E-state index in [1.165, 1.54) is 12.1 Å². The van der Waals surface area contributed by atoms with E-state index in [1.807, 2.05) is 6.92 Å². The Bertz CT molecular complexity index is 1110. The van der Waals surface area contributed by atoms with E-state index in [1.54, 1.807) is 48.5 Å². The van der Waals surface area contributed by atoms with Gasteiger partial charge in [0.1, 0.15) is 23.4 Å². The lowest BCUT2D eigenvalue weighted by atomic mass is 9.98. The van der Waals surface area contributed by atoms with Gasteiger partial charge in [-0.15, -0.1) is 0 Å². The monoisotopic (exact) mass is 405 g/mol. The molecule has 3 aromatic carbocycles. The highest BCUT2D eigenvalue weighted by Crippen LogP contribution is 2.38. The molecule has 152 valence electrons. The minimum absolute atomic E-state index is 0.0445. The second kappa shape index (κ2) is 7.99. The van der Waals surface area contributed by atoms with Gasteiger partial charge in [-0.25, -0.2) is 4.39 Å². The molecule has 1 unspecified atom stereocenters. The first-order valence-corrected chi connectivity index (χ1v) is 9.55. The van der Waals surface area contributed by atoms with Crippen molar-refractivity contribution in [2.24, 2.45) is 5.73 Å². The molecule has 1 aliphatic heterocycles. The molecule has 0 aliphatic carbocycles. The van der Waals surface area contributed by atoms with Gasteiger partial charge in [-0.3, -0.25) is 9.59 Å². The number of carbonyl (C=O) groups excluding carboxylic acids is 2. The minimum atomic E-state index is -0.566. The molecular formula is C24H20FNO4. The van der Waals surface area contributed by atoms with Crippen molar-refractivity contribution >= 4 is 11.7 Å². The number of fused-ring (bicyclic) bond motifs is 1. The average molecular weight is 405 g/mol. The second-order valence-corrected chi connectivity index (χ2v) is 7.12. The van der Waals surface area contributed by atoms with Crippen molar-refractivity contribution in [1.82, 2.24) is 0 Å². The zero-order chi connectivity index (χ0) is 21.3. The molecule has 1 atom stereocenters. The number of nitrogens with two attached hydrogens (primary N) is 1. The molecule has 1 amide bonds. The normalized spacial score (nSPS) is 13.9. The van der Waals surface area contributed by atoms with Gasteiger partial charge in [-0.05, 0) is 54.4 Å². The molecular weight excluding hydrogens is 385 g/mol. The van der Waals surface area contributed by atoms with E-state index >= 15 is 0 Å². The van der Waals surface area contributed by atoms with Crippen molar-refractivity contribution < 1.29 is 23.5 Å². The summed E-state index contributed by atoms with van der Waals surface area (Å²) in [5.41, 5.74) is 8.49. The van der Waals surface area contributed by atoms with E-state index in [4.69, 9.17) is 15.2 Å². The van der Waals surface area contributed by atoms with Crippen LogP contribution in [-0.2, 0) is 0 Å². The van der Waals surface area contributed by atoms with Crippen molar-refractivity contribution in [1.29, 1.82) is 0 Å². The standard InChI is InChI=1S/C24H20FNO4/c1-14-21(11-10-19-20(27)12-13-29-22(14)19)30-23(16-6-8-18(25)9-7-16)15-2-4-17(5-3-15)24(26)28/h2-11,23H,12-13H2,1H3,(H2,26,28). The fraction of sp³-hybridized carbons (Fsp3) is 0.167. The van der Waals surface area contributed by atoms with Crippen molar-refractivity contribution in [3.63, 3.8) is 0 Å². The third-order valence-electron chi connectivity index (χ3n) is 5.15. The molecule has 0 radical (unpaired) electrons. The summed E-state index contributed by atoms with van der Waals surface area (Å²) in [7, 11) is 0. The first-order chi connectivity index (χ1) is 14.4. The van der Waals surface area contributed by atoms with Crippen molar-refractivity contribution in [2.75, 3.05) is 6.61 Å². The van der Waals surface area contributed by atoms with Crippen molar-refractivity contribution in [3.8, 4) is 11.5 Å². The maximum absolute atomic E-state index is 13.5. The van der Waals surface area contributed by atoms with Gasteiger partial charge in [0.15, 0.2) is 5.78 Å². The van der Waals surface area contributed by atoms with Crippen LogP contribution in [0.3, 0.4) is 0 Å². The van der Waals surface area contributed by atoms with Crippen molar-refractivity contribution in [3.05, 3.63) is 94.3 Å². The molecule has 0 saturated carbocycles. The molecule has 5 nitrogen and oxygen atoms in total. The van der Waals surface area contributed by atoms with Gasteiger partial charge >= 0.3 is 0 Å². The number of amides is 1. The predicted molar refractivity (Wildman–Crippen MR) is 109 cm³/mol. The molecule has 6 heteroatoms. The van der Waals surface area contributed by atoms with Gasteiger partial charge in [-0.2, -0.15) is 0 Å². The number of primary amides is 1.